The Kier molecular flexibility index (Phi) is 4.26. The average Bonchev–Trinajstić information content (AvgIpc) is 3.13. The molecule has 31 heavy (non-hydrogen) atoms. The maximum absolute atomic E-state index is 14.4. The van der Waals surface area contributed by atoms with Crippen LogP contribution in [0, 0.1) is 34.6 Å². The molecular weight excluding hydrogens is 404 g/mol. The molecule has 2 nitrogen and oxygen atoms in total. The van der Waals surface area contributed by atoms with Crippen molar-refractivity contribution in [3.05, 3.63) is 102 Å². The molecule has 0 atom stereocenters. The van der Waals surface area contributed by atoms with Crippen LogP contribution < -0.4 is 0 Å². The lowest BCUT2D eigenvalue weighted by Gasteiger charge is -2.11. The minimum absolute atomic E-state index is 0.0400. The van der Waals surface area contributed by atoms with Crippen LogP contribution in [0.5, 0.6) is 0 Å². The lowest BCUT2D eigenvalue weighted by atomic mass is 10.0. The zero-order valence-electron chi connectivity index (χ0n) is 15.8. The van der Waals surface area contributed by atoms with Gasteiger partial charge >= 0.3 is 0 Å². The molecule has 5 rings (SSSR count). The van der Waals surface area contributed by atoms with Gasteiger partial charge in [-0.25, -0.2) is 17.6 Å². The molecule has 5 aromatic rings. The van der Waals surface area contributed by atoms with Crippen LogP contribution in [0.2, 0.25) is 0 Å². The standard InChI is InChI=1S/C25H12F4N2/c26-22-18(13-30)23(27)25(29)21(24(22)28)14-9-11-15(12-10-14)31-19-7-3-1-5-16(19)17-6-2-4-8-20(17)31/h1-12H. The van der Waals surface area contributed by atoms with Crippen molar-refractivity contribution in [2.24, 2.45) is 0 Å². The molecule has 0 saturated carbocycles. The number of para-hydroxylation sites is 2. The fourth-order valence-electron chi connectivity index (χ4n) is 3.96. The number of halogens is 4. The summed E-state index contributed by atoms with van der Waals surface area (Å²) in [6.45, 7) is 0. The second kappa shape index (κ2) is 6.99. The van der Waals surface area contributed by atoms with E-state index in [1.165, 1.54) is 12.1 Å². The van der Waals surface area contributed by atoms with Crippen molar-refractivity contribution in [1.82, 2.24) is 4.57 Å². The molecule has 0 aliphatic heterocycles. The zero-order valence-corrected chi connectivity index (χ0v) is 15.8. The molecular formula is C25H12F4N2. The third-order valence-electron chi connectivity index (χ3n) is 5.37. The van der Waals surface area contributed by atoms with Crippen LogP contribution >= 0.6 is 0 Å². The van der Waals surface area contributed by atoms with E-state index in [-0.39, 0.29) is 5.56 Å². The van der Waals surface area contributed by atoms with Crippen LogP contribution in [-0.4, -0.2) is 4.57 Å². The summed E-state index contributed by atoms with van der Waals surface area (Å²) in [7, 11) is 0. The molecule has 0 N–H and O–H groups in total. The topological polar surface area (TPSA) is 28.7 Å². The fraction of sp³-hybridized carbons (Fsp3) is 0. The SMILES string of the molecule is N#Cc1c(F)c(F)c(-c2ccc(-n3c4ccccc4c4ccccc43)cc2)c(F)c1F. The van der Waals surface area contributed by atoms with E-state index in [0.717, 1.165) is 33.6 Å². The molecule has 0 aliphatic rings. The summed E-state index contributed by atoms with van der Waals surface area (Å²) in [5.74, 6) is -6.61. The number of aromatic nitrogens is 1. The van der Waals surface area contributed by atoms with Gasteiger partial charge in [0.05, 0.1) is 16.6 Å². The lowest BCUT2D eigenvalue weighted by molar-refractivity contribution is 0.454. The second-order valence-electron chi connectivity index (χ2n) is 7.03. The first-order chi connectivity index (χ1) is 15.0. The first-order valence-electron chi connectivity index (χ1n) is 9.38. The van der Waals surface area contributed by atoms with Crippen molar-refractivity contribution in [2.45, 2.75) is 0 Å². The smallest absolute Gasteiger partial charge is 0.180 e. The van der Waals surface area contributed by atoms with Gasteiger partial charge in [0.25, 0.3) is 0 Å². The quantitative estimate of drug-likeness (QED) is 0.228. The van der Waals surface area contributed by atoms with E-state index in [4.69, 9.17) is 5.26 Å². The Morgan fingerprint density at radius 3 is 1.58 bits per heavy atom. The molecule has 6 heteroatoms. The van der Waals surface area contributed by atoms with E-state index in [1.807, 2.05) is 53.1 Å². The summed E-state index contributed by atoms with van der Waals surface area (Å²) >= 11 is 0. The van der Waals surface area contributed by atoms with Crippen LogP contribution in [0.3, 0.4) is 0 Å². The highest BCUT2D eigenvalue weighted by Gasteiger charge is 2.26. The van der Waals surface area contributed by atoms with Crippen LogP contribution in [0.1, 0.15) is 5.56 Å². The highest BCUT2D eigenvalue weighted by Crippen LogP contribution is 2.35. The van der Waals surface area contributed by atoms with Crippen LogP contribution in [-0.2, 0) is 0 Å². The number of rotatable bonds is 2. The van der Waals surface area contributed by atoms with Gasteiger partial charge in [0.1, 0.15) is 11.6 Å². The highest BCUT2D eigenvalue weighted by atomic mass is 19.2. The van der Waals surface area contributed by atoms with Crippen molar-refractivity contribution >= 4 is 21.8 Å². The Morgan fingerprint density at radius 1 is 0.613 bits per heavy atom. The number of hydrogen-bond donors (Lipinski definition) is 0. The van der Waals surface area contributed by atoms with E-state index in [2.05, 4.69) is 0 Å². The molecule has 1 aromatic heterocycles. The van der Waals surface area contributed by atoms with Gasteiger partial charge in [-0.15, -0.1) is 0 Å². The number of hydrogen-bond acceptors (Lipinski definition) is 1. The number of fused-ring (bicyclic) bond motifs is 3. The van der Waals surface area contributed by atoms with E-state index in [1.54, 1.807) is 12.1 Å². The van der Waals surface area contributed by atoms with Crippen molar-refractivity contribution in [3.63, 3.8) is 0 Å². The maximum atomic E-state index is 14.4. The van der Waals surface area contributed by atoms with Gasteiger partial charge < -0.3 is 4.57 Å². The highest BCUT2D eigenvalue weighted by molar-refractivity contribution is 6.09. The maximum Gasteiger partial charge on any atom is 0.180 e. The van der Waals surface area contributed by atoms with Gasteiger partial charge in [0.2, 0.25) is 0 Å². The monoisotopic (exact) mass is 416 g/mol. The molecule has 0 radical (unpaired) electrons. The predicted octanol–water partition coefficient (Wildman–Crippen LogP) is 6.88. The molecule has 0 saturated heterocycles. The summed E-state index contributed by atoms with van der Waals surface area (Å²) in [4.78, 5) is 0. The molecule has 150 valence electrons. The predicted molar refractivity (Wildman–Crippen MR) is 111 cm³/mol. The largest absolute Gasteiger partial charge is 0.309 e. The average molecular weight is 416 g/mol. The van der Waals surface area contributed by atoms with E-state index >= 15 is 0 Å². The van der Waals surface area contributed by atoms with Gasteiger partial charge in [-0.2, -0.15) is 5.26 Å². The minimum atomic E-state index is -1.71. The summed E-state index contributed by atoms with van der Waals surface area (Å²) in [5, 5.41) is 10.9. The Bertz CT molecular complexity index is 1440. The summed E-state index contributed by atoms with van der Waals surface area (Å²) in [6.07, 6.45) is 0. The molecule has 0 fully saturated rings. The zero-order chi connectivity index (χ0) is 21.7. The van der Waals surface area contributed by atoms with Crippen molar-refractivity contribution in [1.29, 1.82) is 5.26 Å². The van der Waals surface area contributed by atoms with Gasteiger partial charge in [0, 0.05) is 16.5 Å². The summed E-state index contributed by atoms with van der Waals surface area (Å²) in [5.41, 5.74) is 0.454. The third kappa shape index (κ3) is 2.71. The first-order valence-corrected chi connectivity index (χ1v) is 9.38. The minimum Gasteiger partial charge on any atom is -0.309 e. The van der Waals surface area contributed by atoms with Crippen LogP contribution in [0.4, 0.5) is 17.6 Å². The van der Waals surface area contributed by atoms with E-state index in [0.29, 0.717) is 0 Å². The Labute approximate surface area is 174 Å². The fourth-order valence-corrected chi connectivity index (χ4v) is 3.96. The molecule has 1 heterocycles. The number of benzene rings is 4. The van der Waals surface area contributed by atoms with Crippen LogP contribution in [0.25, 0.3) is 38.6 Å². The number of nitrogens with zero attached hydrogens (tertiary/aromatic N) is 2. The molecule has 0 amide bonds. The van der Waals surface area contributed by atoms with E-state index < -0.39 is 34.4 Å². The van der Waals surface area contributed by atoms with E-state index in [9.17, 15) is 17.6 Å². The van der Waals surface area contributed by atoms with Crippen LogP contribution in [0.15, 0.2) is 72.8 Å². The van der Waals surface area contributed by atoms with Gasteiger partial charge in [-0.3, -0.25) is 0 Å². The Balaban J connectivity index is 1.71. The second-order valence-corrected chi connectivity index (χ2v) is 7.03. The first kappa shape index (κ1) is 18.9. The molecule has 0 unspecified atom stereocenters. The Hall–Kier alpha value is -4.11. The normalized spacial score (nSPS) is 11.2. The Morgan fingerprint density at radius 2 is 1.10 bits per heavy atom. The number of nitriles is 1. The molecule has 0 spiro atoms. The van der Waals surface area contributed by atoms with Crippen molar-refractivity contribution < 1.29 is 17.6 Å². The van der Waals surface area contributed by atoms with Gasteiger partial charge in [-0.1, -0.05) is 48.5 Å². The van der Waals surface area contributed by atoms with Gasteiger partial charge in [-0.05, 0) is 29.8 Å². The molecule has 4 aromatic carbocycles. The molecule has 0 bridgehead atoms. The summed E-state index contributed by atoms with van der Waals surface area (Å²) in [6, 6.07) is 22.9. The van der Waals surface area contributed by atoms with Crippen molar-refractivity contribution in [2.75, 3.05) is 0 Å². The lowest BCUT2D eigenvalue weighted by Crippen LogP contribution is -2.04. The third-order valence-corrected chi connectivity index (χ3v) is 5.37. The van der Waals surface area contributed by atoms with Crippen molar-refractivity contribution in [3.8, 4) is 22.9 Å². The molecule has 0 aliphatic carbocycles. The van der Waals surface area contributed by atoms with Gasteiger partial charge in [0.15, 0.2) is 23.3 Å². The summed E-state index contributed by atoms with van der Waals surface area (Å²) < 4.78 is 58.9.